The molecule has 21 heavy (non-hydrogen) atoms. The lowest BCUT2D eigenvalue weighted by molar-refractivity contribution is -0.0152. The molecule has 2 fully saturated rings. The summed E-state index contributed by atoms with van der Waals surface area (Å²) in [4.78, 5) is 0. The first-order valence-electron chi connectivity index (χ1n) is 8.30. The highest BCUT2D eigenvalue weighted by Gasteiger charge is 2.39. The maximum atomic E-state index is 6.53. The number of ether oxygens (including phenoxy) is 1. The van der Waals surface area contributed by atoms with E-state index >= 15 is 0 Å². The van der Waals surface area contributed by atoms with Crippen molar-refractivity contribution in [3.05, 3.63) is 28.2 Å². The van der Waals surface area contributed by atoms with Gasteiger partial charge in [-0.15, -0.1) is 0 Å². The van der Waals surface area contributed by atoms with Crippen LogP contribution in [0.4, 0.5) is 0 Å². The summed E-state index contributed by atoms with van der Waals surface area (Å²) in [6.07, 6.45) is 7.56. The van der Waals surface area contributed by atoms with Crippen LogP contribution in [0.3, 0.4) is 0 Å². The molecular weight excluding hydrogens is 326 g/mol. The molecule has 0 spiro atoms. The van der Waals surface area contributed by atoms with Gasteiger partial charge >= 0.3 is 0 Å². The Morgan fingerprint density at radius 1 is 1.33 bits per heavy atom. The second kappa shape index (κ2) is 6.29. The molecule has 1 aromatic rings. The van der Waals surface area contributed by atoms with Crippen molar-refractivity contribution >= 4 is 15.9 Å². The van der Waals surface area contributed by atoms with E-state index in [0.29, 0.717) is 5.92 Å². The molecule has 0 unspecified atom stereocenters. The number of halogens is 1. The van der Waals surface area contributed by atoms with E-state index in [1.165, 1.54) is 37.7 Å². The number of benzene rings is 1. The van der Waals surface area contributed by atoms with E-state index in [0.717, 1.165) is 29.2 Å². The largest absolute Gasteiger partial charge is 0.487 e. The minimum atomic E-state index is 0.0827. The quantitative estimate of drug-likeness (QED) is 0.744. The van der Waals surface area contributed by atoms with Crippen LogP contribution in [0.25, 0.3) is 0 Å². The van der Waals surface area contributed by atoms with Crippen molar-refractivity contribution in [2.45, 2.75) is 69.9 Å². The standard InChI is InChI=1S/C18H26BrNO/c1-13(2)16-12-14(19)4-7-17(16)21-18(8-3-9-18)10-11-20-15-5-6-15/h4,7,12-13,15,20H,3,5-6,8-11H2,1-2H3. The molecule has 0 saturated heterocycles. The third-order valence-electron chi connectivity index (χ3n) is 4.78. The van der Waals surface area contributed by atoms with Crippen LogP contribution in [-0.2, 0) is 0 Å². The molecule has 2 saturated carbocycles. The molecular formula is C18H26BrNO. The Bertz CT molecular complexity index is 492. The number of hydrogen-bond acceptors (Lipinski definition) is 2. The van der Waals surface area contributed by atoms with Crippen LogP contribution in [0.2, 0.25) is 0 Å². The van der Waals surface area contributed by atoms with E-state index < -0.39 is 0 Å². The van der Waals surface area contributed by atoms with Gasteiger partial charge in [-0.05, 0) is 74.8 Å². The fourth-order valence-corrected chi connectivity index (χ4v) is 3.44. The van der Waals surface area contributed by atoms with Crippen molar-refractivity contribution in [2.24, 2.45) is 0 Å². The molecule has 0 bridgehead atoms. The smallest absolute Gasteiger partial charge is 0.123 e. The van der Waals surface area contributed by atoms with Crippen molar-refractivity contribution in [3.8, 4) is 5.75 Å². The highest BCUT2D eigenvalue weighted by molar-refractivity contribution is 9.10. The lowest BCUT2D eigenvalue weighted by atomic mass is 9.77. The van der Waals surface area contributed by atoms with Gasteiger partial charge in [0.1, 0.15) is 11.4 Å². The summed E-state index contributed by atoms with van der Waals surface area (Å²) in [7, 11) is 0. The fourth-order valence-electron chi connectivity index (χ4n) is 3.06. The van der Waals surface area contributed by atoms with Crippen molar-refractivity contribution in [1.29, 1.82) is 0 Å². The van der Waals surface area contributed by atoms with Crippen LogP contribution >= 0.6 is 15.9 Å². The lowest BCUT2D eigenvalue weighted by Crippen LogP contribution is -2.45. The molecule has 0 radical (unpaired) electrons. The highest BCUT2D eigenvalue weighted by atomic mass is 79.9. The Kier molecular flexibility index (Phi) is 4.60. The van der Waals surface area contributed by atoms with E-state index in [1.54, 1.807) is 0 Å². The summed E-state index contributed by atoms with van der Waals surface area (Å²) in [5.74, 6) is 1.57. The summed E-state index contributed by atoms with van der Waals surface area (Å²) in [5, 5.41) is 3.63. The molecule has 2 aliphatic carbocycles. The van der Waals surface area contributed by atoms with E-state index in [9.17, 15) is 0 Å². The Labute approximate surface area is 136 Å². The van der Waals surface area contributed by atoms with Crippen molar-refractivity contribution in [3.63, 3.8) is 0 Å². The monoisotopic (exact) mass is 351 g/mol. The maximum Gasteiger partial charge on any atom is 0.123 e. The number of nitrogens with one attached hydrogen (secondary N) is 1. The molecule has 0 heterocycles. The van der Waals surface area contributed by atoms with E-state index in [1.807, 2.05) is 0 Å². The average Bonchev–Trinajstić information content (AvgIpc) is 3.21. The second-order valence-corrected chi connectivity index (χ2v) is 7.87. The zero-order valence-electron chi connectivity index (χ0n) is 13.1. The molecule has 3 heteroatoms. The molecule has 3 rings (SSSR count). The van der Waals surface area contributed by atoms with E-state index in [-0.39, 0.29) is 5.60 Å². The second-order valence-electron chi connectivity index (χ2n) is 6.95. The molecule has 0 aromatic heterocycles. The molecule has 0 amide bonds. The van der Waals surface area contributed by atoms with Gasteiger partial charge in [0.25, 0.3) is 0 Å². The number of rotatable bonds is 7. The van der Waals surface area contributed by atoms with Gasteiger partial charge < -0.3 is 10.1 Å². The lowest BCUT2D eigenvalue weighted by Gasteiger charge is -2.43. The van der Waals surface area contributed by atoms with Crippen LogP contribution in [-0.4, -0.2) is 18.2 Å². The zero-order valence-corrected chi connectivity index (χ0v) is 14.7. The van der Waals surface area contributed by atoms with Crippen LogP contribution in [0.5, 0.6) is 5.75 Å². The first-order chi connectivity index (χ1) is 10.1. The molecule has 1 N–H and O–H groups in total. The fraction of sp³-hybridized carbons (Fsp3) is 0.667. The third kappa shape index (κ3) is 3.81. The van der Waals surface area contributed by atoms with Gasteiger partial charge in [0.05, 0.1) is 0 Å². The summed E-state index contributed by atoms with van der Waals surface area (Å²) >= 11 is 3.57. The highest BCUT2D eigenvalue weighted by Crippen LogP contribution is 2.42. The Balaban J connectivity index is 1.67. The SMILES string of the molecule is CC(C)c1cc(Br)ccc1OC1(CCNC2CC2)CCC1. The maximum absolute atomic E-state index is 6.53. The van der Waals surface area contributed by atoms with Gasteiger partial charge in [-0.2, -0.15) is 0 Å². The molecule has 0 aliphatic heterocycles. The summed E-state index contributed by atoms with van der Waals surface area (Å²) in [5.41, 5.74) is 1.39. The van der Waals surface area contributed by atoms with Gasteiger partial charge in [0, 0.05) is 10.5 Å². The van der Waals surface area contributed by atoms with Crippen LogP contribution in [0.1, 0.15) is 63.9 Å². The molecule has 116 valence electrons. The van der Waals surface area contributed by atoms with Crippen LogP contribution in [0.15, 0.2) is 22.7 Å². The average molecular weight is 352 g/mol. The minimum Gasteiger partial charge on any atom is -0.487 e. The Morgan fingerprint density at radius 3 is 2.67 bits per heavy atom. The Morgan fingerprint density at radius 2 is 2.10 bits per heavy atom. The molecule has 2 nitrogen and oxygen atoms in total. The summed E-state index contributed by atoms with van der Waals surface area (Å²) in [6.45, 7) is 5.56. The molecule has 1 aromatic carbocycles. The third-order valence-corrected chi connectivity index (χ3v) is 5.27. The first-order valence-corrected chi connectivity index (χ1v) is 9.09. The Hall–Kier alpha value is -0.540. The molecule has 0 atom stereocenters. The number of hydrogen-bond donors (Lipinski definition) is 1. The predicted octanol–water partition coefficient (Wildman–Crippen LogP) is 5.02. The van der Waals surface area contributed by atoms with Gasteiger partial charge in [0.15, 0.2) is 0 Å². The van der Waals surface area contributed by atoms with Crippen molar-refractivity contribution < 1.29 is 4.74 Å². The predicted molar refractivity (Wildman–Crippen MR) is 91.1 cm³/mol. The summed E-state index contributed by atoms with van der Waals surface area (Å²) < 4.78 is 7.66. The molecule has 2 aliphatic rings. The zero-order chi connectivity index (χ0) is 14.9. The normalized spacial score (nSPS) is 20.4. The van der Waals surface area contributed by atoms with E-state index in [2.05, 4.69) is 53.3 Å². The van der Waals surface area contributed by atoms with Gasteiger partial charge in [-0.3, -0.25) is 0 Å². The van der Waals surface area contributed by atoms with Gasteiger partial charge in [-0.25, -0.2) is 0 Å². The van der Waals surface area contributed by atoms with E-state index in [4.69, 9.17) is 4.74 Å². The summed E-state index contributed by atoms with van der Waals surface area (Å²) in [6, 6.07) is 7.22. The first kappa shape index (κ1) is 15.4. The van der Waals surface area contributed by atoms with Crippen molar-refractivity contribution in [1.82, 2.24) is 5.32 Å². The minimum absolute atomic E-state index is 0.0827. The topological polar surface area (TPSA) is 21.3 Å². The van der Waals surface area contributed by atoms with Crippen LogP contribution in [0, 0.1) is 0 Å². The van der Waals surface area contributed by atoms with Crippen molar-refractivity contribution in [2.75, 3.05) is 6.54 Å². The van der Waals surface area contributed by atoms with Gasteiger partial charge in [-0.1, -0.05) is 29.8 Å². The van der Waals surface area contributed by atoms with Gasteiger partial charge in [0.2, 0.25) is 0 Å². The van der Waals surface area contributed by atoms with Crippen LogP contribution < -0.4 is 10.1 Å².